The molecule has 0 aliphatic carbocycles. The van der Waals surface area contributed by atoms with Crippen molar-refractivity contribution in [1.29, 1.82) is 0 Å². The molecule has 0 bridgehead atoms. The largest absolute Gasteiger partial charge is 0.389 e. The molecule has 0 atom stereocenters. The number of hydrogen-bond acceptors (Lipinski definition) is 7. The third-order valence-corrected chi connectivity index (χ3v) is 2.16. The SMILES string of the molecule is CNc1ncc([N+](=O)[O-])c(N(C)CC(C)(C)O)n1. The average Bonchev–Trinajstić information content (AvgIpc) is 2.25. The van der Waals surface area contributed by atoms with E-state index in [-0.39, 0.29) is 24.0 Å². The molecule has 18 heavy (non-hydrogen) atoms. The van der Waals surface area contributed by atoms with E-state index in [4.69, 9.17) is 0 Å². The van der Waals surface area contributed by atoms with E-state index in [1.54, 1.807) is 27.9 Å². The molecular weight excluding hydrogens is 238 g/mol. The van der Waals surface area contributed by atoms with E-state index in [0.29, 0.717) is 0 Å². The average molecular weight is 255 g/mol. The number of hydrogen-bond donors (Lipinski definition) is 2. The molecular formula is C10H17N5O3. The van der Waals surface area contributed by atoms with Crippen molar-refractivity contribution in [3.8, 4) is 0 Å². The van der Waals surface area contributed by atoms with Gasteiger partial charge in [-0.1, -0.05) is 0 Å². The molecule has 0 aromatic carbocycles. The van der Waals surface area contributed by atoms with E-state index in [9.17, 15) is 15.2 Å². The molecule has 0 fully saturated rings. The lowest BCUT2D eigenvalue weighted by Gasteiger charge is -2.26. The highest BCUT2D eigenvalue weighted by Gasteiger charge is 2.24. The van der Waals surface area contributed by atoms with Crippen LogP contribution in [0.4, 0.5) is 17.5 Å². The molecule has 0 saturated carbocycles. The lowest BCUT2D eigenvalue weighted by molar-refractivity contribution is -0.384. The fourth-order valence-corrected chi connectivity index (χ4v) is 1.55. The summed E-state index contributed by atoms with van der Waals surface area (Å²) in [6.45, 7) is 3.46. The van der Waals surface area contributed by atoms with Crippen molar-refractivity contribution < 1.29 is 10.0 Å². The zero-order valence-corrected chi connectivity index (χ0v) is 10.8. The maximum atomic E-state index is 10.9. The molecule has 0 aliphatic heterocycles. The Morgan fingerprint density at radius 2 is 2.22 bits per heavy atom. The van der Waals surface area contributed by atoms with Crippen LogP contribution in [0.25, 0.3) is 0 Å². The van der Waals surface area contributed by atoms with Crippen LogP contribution in [-0.4, -0.2) is 46.2 Å². The lowest BCUT2D eigenvalue weighted by atomic mass is 10.1. The molecule has 100 valence electrons. The number of nitro groups is 1. The maximum absolute atomic E-state index is 10.9. The molecule has 1 aromatic heterocycles. The number of anilines is 2. The Bertz CT molecular complexity index is 444. The van der Waals surface area contributed by atoms with Gasteiger partial charge in [-0.25, -0.2) is 4.98 Å². The molecule has 0 spiro atoms. The smallest absolute Gasteiger partial charge is 0.329 e. The van der Waals surface area contributed by atoms with Crippen LogP contribution in [0.5, 0.6) is 0 Å². The summed E-state index contributed by atoms with van der Waals surface area (Å²) >= 11 is 0. The summed E-state index contributed by atoms with van der Waals surface area (Å²) in [7, 11) is 3.26. The van der Waals surface area contributed by atoms with Crippen molar-refractivity contribution in [2.24, 2.45) is 0 Å². The Kier molecular flexibility index (Phi) is 4.02. The quantitative estimate of drug-likeness (QED) is 0.587. The highest BCUT2D eigenvalue weighted by molar-refractivity contribution is 5.58. The van der Waals surface area contributed by atoms with Crippen LogP contribution in [0.15, 0.2) is 6.20 Å². The van der Waals surface area contributed by atoms with E-state index in [1.165, 1.54) is 4.90 Å². The molecule has 1 rings (SSSR count). The summed E-state index contributed by atoms with van der Waals surface area (Å²) in [5, 5.41) is 23.4. The van der Waals surface area contributed by atoms with Gasteiger partial charge >= 0.3 is 5.69 Å². The number of aliphatic hydroxyl groups is 1. The van der Waals surface area contributed by atoms with Crippen LogP contribution >= 0.6 is 0 Å². The highest BCUT2D eigenvalue weighted by Crippen LogP contribution is 2.26. The minimum absolute atomic E-state index is 0.168. The van der Waals surface area contributed by atoms with Gasteiger partial charge in [0.2, 0.25) is 11.8 Å². The molecule has 0 aliphatic rings. The van der Waals surface area contributed by atoms with E-state index in [0.717, 1.165) is 6.20 Å². The van der Waals surface area contributed by atoms with Crippen LogP contribution < -0.4 is 10.2 Å². The normalized spacial score (nSPS) is 11.2. The van der Waals surface area contributed by atoms with Gasteiger partial charge in [0.25, 0.3) is 0 Å². The van der Waals surface area contributed by atoms with Crippen molar-refractivity contribution in [1.82, 2.24) is 9.97 Å². The fraction of sp³-hybridized carbons (Fsp3) is 0.600. The summed E-state index contributed by atoms with van der Waals surface area (Å²) in [6.07, 6.45) is 1.15. The number of likely N-dealkylation sites (N-methyl/N-ethyl adjacent to an activating group) is 1. The Morgan fingerprint density at radius 3 is 2.67 bits per heavy atom. The topological polar surface area (TPSA) is 104 Å². The van der Waals surface area contributed by atoms with Crippen molar-refractivity contribution in [2.45, 2.75) is 19.4 Å². The summed E-state index contributed by atoms with van der Waals surface area (Å²) in [5.41, 5.74) is -1.17. The summed E-state index contributed by atoms with van der Waals surface area (Å²) in [6, 6.07) is 0. The van der Waals surface area contributed by atoms with E-state index >= 15 is 0 Å². The van der Waals surface area contributed by atoms with Crippen LogP contribution in [0, 0.1) is 10.1 Å². The van der Waals surface area contributed by atoms with Gasteiger partial charge in [0, 0.05) is 20.6 Å². The summed E-state index contributed by atoms with van der Waals surface area (Å²) < 4.78 is 0. The van der Waals surface area contributed by atoms with Crippen LogP contribution in [-0.2, 0) is 0 Å². The third kappa shape index (κ3) is 3.52. The number of rotatable bonds is 5. The van der Waals surface area contributed by atoms with Crippen molar-refractivity contribution >= 4 is 17.5 Å². The van der Waals surface area contributed by atoms with Gasteiger partial charge in [0.15, 0.2) is 0 Å². The molecule has 8 heteroatoms. The van der Waals surface area contributed by atoms with Crippen molar-refractivity contribution in [3.63, 3.8) is 0 Å². The number of nitrogens with one attached hydrogen (secondary N) is 1. The van der Waals surface area contributed by atoms with Crippen LogP contribution in [0.2, 0.25) is 0 Å². The maximum Gasteiger partial charge on any atom is 0.329 e. The fourth-order valence-electron chi connectivity index (χ4n) is 1.55. The molecule has 0 amide bonds. The van der Waals surface area contributed by atoms with E-state index in [1.807, 2.05) is 0 Å². The van der Waals surface area contributed by atoms with Crippen LogP contribution in [0.3, 0.4) is 0 Å². The lowest BCUT2D eigenvalue weighted by Crippen LogP contribution is -2.37. The van der Waals surface area contributed by atoms with Gasteiger partial charge in [0.1, 0.15) is 6.20 Å². The van der Waals surface area contributed by atoms with Crippen LogP contribution in [0.1, 0.15) is 13.8 Å². The minimum Gasteiger partial charge on any atom is -0.389 e. The first-order valence-corrected chi connectivity index (χ1v) is 5.37. The number of nitrogens with zero attached hydrogens (tertiary/aromatic N) is 4. The molecule has 0 radical (unpaired) electrons. The van der Waals surface area contributed by atoms with Gasteiger partial charge in [0.05, 0.1) is 10.5 Å². The van der Waals surface area contributed by atoms with Gasteiger partial charge in [-0.2, -0.15) is 4.98 Å². The summed E-state index contributed by atoms with van der Waals surface area (Å²) in [4.78, 5) is 19.7. The van der Waals surface area contributed by atoms with Gasteiger partial charge in [-0.05, 0) is 13.8 Å². The molecule has 2 N–H and O–H groups in total. The Hall–Kier alpha value is -1.96. The van der Waals surface area contributed by atoms with E-state index in [2.05, 4.69) is 15.3 Å². The minimum atomic E-state index is -0.979. The monoisotopic (exact) mass is 255 g/mol. The molecule has 1 aromatic rings. The zero-order chi connectivity index (χ0) is 13.9. The second-order valence-corrected chi connectivity index (χ2v) is 4.58. The second-order valence-electron chi connectivity index (χ2n) is 4.58. The Labute approximate surface area is 105 Å². The van der Waals surface area contributed by atoms with Crippen molar-refractivity contribution in [2.75, 3.05) is 30.9 Å². The predicted molar refractivity (Wildman–Crippen MR) is 67.8 cm³/mol. The first-order chi connectivity index (χ1) is 8.24. The van der Waals surface area contributed by atoms with Gasteiger partial charge < -0.3 is 15.3 Å². The Balaban J connectivity index is 3.14. The zero-order valence-electron chi connectivity index (χ0n) is 10.8. The number of aromatic nitrogens is 2. The molecule has 0 unspecified atom stereocenters. The second kappa shape index (κ2) is 5.13. The predicted octanol–water partition coefficient (Wildman–Crippen LogP) is 0.634. The van der Waals surface area contributed by atoms with E-state index < -0.39 is 10.5 Å². The Morgan fingerprint density at radius 1 is 1.61 bits per heavy atom. The van der Waals surface area contributed by atoms with Gasteiger partial charge in [-0.3, -0.25) is 10.1 Å². The molecule has 0 saturated heterocycles. The standard InChI is InChI=1S/C10H17N5O3/c1-10(2,16)6-14(4)8-7(15(17)18)5-12-9(11-3)13-8/h5,16H,6H2,1-4H3,(H,11,12,13). The van der Waals surface area contributed by atoms with Gasteiger partial charge in [-0.15, -0.1) is 0 Å². The summed E-state index contributed by atoms with van der Waals surface area (Å²) in [5.74, 6) is 0.458. The van der Waals surface area contributed by atoms with Crippen molar-refractivity contribution in [3.05, 3.63) is 16.3 Å². The third-order valence-electron chi connectivity index (χ3n) is 2.16. The first kappa shape index (κ1) is 14.1. The molecule has 1 heterocycles. The first-order valence-electron chi connectivity index (χ1n) is 5.37. The molecule has 8 nitrogen and oxygen atoms in total. The highest BCUT2D eigenvalue weighted by atomic mass is 16.6.